The van der Waals surface area contributed by atoms with Crippen LogP contribution in [0.5, 0.6) is 0 Å². The molecule has 11 heavy (non-hydrogen) atoms. The van der Waals surface area contributed by atoms with Gasteiger partial charge in [-0.25, -0.2) is 0 Å². The third-order valence-electron chi connectivity index (χ3n) is 2.19. The van der Waals surface area contributed by atoms with Crippen molar-refractivity contribution in [2.45, 2.75) is 32.8 Å². The van der Waals surface area contributed by atoms with Crippen molar-refractivity contribution >= 4 is 5.78 Å². The lowest BCUT2D eigenvalue weighted by Crippen LogP contribution is -2.27. The van der Waals surface area contributed by atoms with Crippen LogP contribution < -0.4 is 0 Å². The molecule has 62 valence electrons. The van der Waals surface area contributed by atoms with Crippen LogP contribution in [0.3, 0.4) is 0 Å². The van der Waals surface area contributed by atoms with Gasteiger partial charge in [-0.1, -0.05) is 5.57 Å². The van der Waals surface area contributed by atoms with E-state index in [-0.39, 0.29) is 11.7 Å². The number of allylic oxidation sites excluding steroid dienone is 2. The normalized spacial score (nSPS) is 28.1. The molecular weight excluding hydrogens is 140 g/mol. The van der Waals surface area contributed by atoms with Crippen molar-refractivity contribution in [3.8, 4) is 0 Å². The Morgan fingerprint density at radius 2 is 2.36 bits per heavy atom. The van der Waals surface area contributed by atoms with Crippen LogP contribution in [0.2, 0.25) is 0 Å². The van der Waals surface area contributed by atoms with E-state index in [4.69, 9.17) is 0 Å². The summed E-state index contributed by atoms with van der Waals surface area (Å²) in [6.45, 7) is 3.63. The zero-order valence-electron chi connectivity index (χ0n) is 7.00. The monoisotopic (exact) mass is 154 g/mol. The molecule has 2 heteroatoms. The van der Waals surface area contributed by atoms with Crippen LogP contribution in [0.25, 0.3) is 0 Å². The van der Waals surface area contributed by atoms with Gasteiger partial charge < -0.3 is 5.11 Å². The first kappa shape index (κ1) is 8.47. The van der Waals surface area contributed by atoms with E-state index < -0.39 is 6.10 Å². The largest absolute Gasteiger partial charge is 0.393 e. The van der Waals surface area contributed by atoms with Gasteiger partial charge in [0.15, 0.2) is 5.78 Å². The van der Waals surface area contributed by atoms with Crippen LogP contribution in [-0.2, 0) is 4.79 Å². The SMILES string of the molecule is CC1=CC(=O)[C@@H]([C@@H](C)O)CC1. The van der Waals surface area contributed by atoms with Crippen LogP contribution in [0.1, 0.15) is 26.7 Å². The van der Waals surface area contributed by atoms with Crippen LogP contribution >= 0.6 is 0 Å². The Balaban J connectivity index is 2.68. The van der Waals surface area contributed by atoms with Crippen molar-refractivity contribution in [2.75, 3.05) is 0 Å². The lowest BCUT2D eigenvalue weighted by Gasteiger charge is -2.21. The summed E-state index contributed by atoms with van der Waals surface area (Å²) in [5.41, 5.74) is 1.13. The molecule has 0 radical (unpaired) electrons. The number of hydrogen-bond acceptors (Lipinski definition) is 2. The minimum absolute atomic E-state index is 0.0868. The molecular formula is C9H14O2. The lowest BCUT2D eigenvalue weighted by atomic mass is 9.86. The predicted molar refractivity (Wildman–Crippen MR) is 43.2 cm³/mol. The van der Waals surface area contributed by atoms with Gasteiger partial charge in [-0.05, 0) is 32.8 Å². The minimum Gasteiger partial charge on any atom is -0.393 e. The quantitative estimate of drug-likeness (QED) is 0.618. The van der Waals surface area contributed by atoms with Crippen molar-refractivity contribution in [3.63, 3.8) is 0 Å². The van der Waals surface area contributed by atoms with E-state index in [1.807, 2.05) is 6.92 Å². The van der Waals surface area contributed by atoms with Crippen molar-refractivity contribution in [1.82, 2.24) is 0 Å². The third-order valence-corrected chi connectivity index (χ3v) is 2.19. The Kier molecular flexibility index (Phi) is 2.45. The van der Waals surface area contributed by atoms with Gasteiger partial charge in [0, 0.05) is 5.92 Å². The molecule has 0 saturated heterocycles. The van der Waals surface area contributed by atoms with Gasteiger partial charge in [-0.2, -0.15) is 0 Å². The smallest absolute Gasteiger partial charge is 0.161 e. The van der Waals surface area contributed by atoms with Gasteiger partial charge in [0.2, 0.25) is 0 Å². The summed E-state index contributed by atoms with van der Waals surface area (Å²) in [5, 5.41) is 9.18. The second-order valence-corrected chi connectivity index (χ2v) is 3.28. The summed E-state index contributed by atoms with van der Waals surface area (Å²) >= 11 is 0. The average molecular weight is 154 g/mol. The molecule has 2 atom stereocenters. The molecule has 0 aliphatic heterocycles. The minimum atomic E-state index is -0.494. The molecule has 1 aliphatic rings. The van der Waals surface area contributed by atoms with E-state index in [1.54, 1.807) is 13.0 Å². The van der Waals surface area contributed by atoms with E-state index in [0.29, 0.717) is 0 Å². The van der Waals surface area contributed by atoms with Gasteiger partial charge in [-0.15, -0.1) is 0 Å². The van der Waals surface area contributed by atoms with Crippen molar-refractivity contribution in [3.05, 3.63) is 11.6 Å². The predicted octanol–water partition coefficient (Wildman–Crippen LogP) is 1.29. The molecule has 0 aromatic carbocycles. The first-order valence-corrected chi connectivity index (χ1v) is 4.00. The van der Waals surface area contributed by atoms with E-state index in [9.17, 15) is 9.90 Å². The summed E-state index contributed by atoms with van der Waals surface area (Å²) in [7, 11) is 0. The molecule has 0 spiro atoms. The molecule has 1 aliphatic carbocycles. The number of ketones is 1. The van der Waals surface area contributed by atoms with E-state index in [1.165, 1.54) is 0 Å². The van der Waals surface area contributed by atoms with E-state index >= 15 is 0 Å². The van der Waals surface area contributed by atoms with Crippen molar-refractivity contribution < 1.29 is 9.90 Å². The number of carbonyl (C=O) groups excluding carboxylic acids is 1. The van der Waals surface area contributed by atoms with Gasteiger partial charge in [0.1, 0.15) is 0 Å². The molecule has 0 aromatic heterocycles. The highest BCUT2D eigenvalue weighted by atomic mass is 16.3. The Bertz CT molecular complexity index is 192. The molecule has 1 rings (SSSR count). The lowest BCUT2D eigenvalue weighted by molar-refractivity contribution is -0.121. The summed E-state index contributed by atoms with van der Waals surface area (Å²) < 4.78 is 0. The van der Waals surface area contributed by atoms with Crippen LogP contribution in [0.4, 0.5) is 0 Å². The fourth-order valence-electron chi connectivity index (χ4n) is 1.43. The van der Waals surface area contributed by atoms with E-state index in [2.05, 4.69) is 0 Å². The molecule has 0 aromatic rings. The third kappa shape index (κ3) is 1.90. The highest BCUT2D eigenvalue weighted by Crippen LogP contribution is 2.22. The number of aliphatic hydroxyl groups is 1. The maximum absolute atomic E-state index is 11.2. The fourth-order valence-corrected chi connectivity index (χ4v) is 1.43. The fraction of sp³-hybridized carbons (Fsp3) is 0.667. The highest BCUT2D eigenvalue weighted by molar-refractivity contribution is 5.93. The van der Waals surface area contributed by atoms with Gasteiger partial charge in [0.05, 0.1) is 6.10 Å². The maximum Gasteiger partial charge on any atom is 0.161 e. The first-order valence-electron chi connectivity index (χ1n) is 4.00. The zero-order chi connectivity index (χ0) is 8.43. The zero-order valence-corrected chi connectivity index (χ0v) is 7.00. The topological polar surface area (TPSA) is 37.3 Å². The van der Waals surface area contributed by atoms with Crippen molar-refractivity contribution in [1.29, 1.82) is 0 Å². The van der Waals surface area contributed by atoms with Gasteiger partial charge in [-0.3, -0.25) is 4.79 Å². The molecule has 0 fully saturated rings. The Morgan fingerprint density at radius 1 is 1.73 bits per heavy atom. The number of carbonyl (C=O) groups is 1. The van der Waals surface area contributed by atoms with Crippen molar-refractivity contribution in [2.24, 2.45) is 5.92 Å². The van der Waals surface area contributed by atoms with Crippen LogP contribution in [-0.4, -0.2) is 17.0 Å². The molecule has 1 N–H and O–H groups in total. The maximum atomic E-state index is 11.2. The highest BCUT2D eigenvalue weighted by Gasteiger charge is 2.24. The molecule has 0 unspecified atom stereocenters. The average Bonchev–Trinajstić information content (AvgIpc) is 1.85. The Hall–Kier alpha value is -0.630. The first-order chi connectivity index (χ1) is 5.11. The Labute approximate surface area is 66.9 Å². The summed E-state index contributed by atoms with van der Waals surface area (Å²) in [5.74, 6) is -0.0672. The number of hydrogen-bond donors (Lipinski definition) is 1. The molecule has 0 saturated carbocycles. The summed E-state index contributed by atoms with van der Waals surface area (Å²) in [6.07, 6.45) is 2.91. The van der Waals surface area contributed by atoms with E-state index in [0.717, 1.165) is 18.4 Å². The molecule has 0 heterocycles. The molecule has 2 nitrogen and oxygen atoms in total. The second kappa shape index (κ2) is 3.18. The summed E-state index contributed by atoms with van der Waals surface area (Å²) in [6, 6.07) is 0. The number of rotatable bonds is 1. The Morgan fingerprint density at radius 3 is 2.82 bits per heavy atom. The molecule has 0 amide bonds. The number of aliphatic hydroxyl groups excluding tert-OH is 1. The second-order valence-electron chi connectivity index (χ2n) is 3.28. The summed E-state index contributed by atoms with van der Waals surface area (Å²) in [4.78, 5) is 11.2. The van der Waals surface area contributed by atoms with Crippen LogP contribution in [0.15, 0.2) is 11.6 Å². The van der Waals surface area contributed by atoms with Gasteiger partial charge >= 0.3 is 0 Å². The standard InChI is InChI=1S/C9H14O2/c1-6-3-4-8(7(2)10)9(11)5-6/h5,7-8,10H,3-4H2,1-2H3/t7-,8-/m1/s1. The molecule has 0 bridgehead atoms. The van der Waals surface area contributed by atoms with Crippen LogP contribution in [0, 0.1) is 5.92 Å². The van der Waals surface area contributed by atoms with Gasteiger partial charge in [0.25, 0.3) is 0 Å².